The highest BCUT2D eigenvalue weighted by atomic mass is 35.5. The zero-order valence-corrected chi connectivity index (χ0v) is 12.9. The van der Waals surface area contributed by atoms with Crippen molar-refractivity contribution in [3.8, 4) is 11.5 Å². The van der Waals surface area contributed by atoms with Gasteiger partial charge in [-0.1, -0.05) is 11.6 Å². The molecule has 0 saturated carbocycles. The number of hydrogen-bond donors (Lipinski definition) is 0. The molecule has 7 nitrogen and oxygen atoms in total. The predicted molar refractivity (Wildman–Crippen MR) is 73.9 cm³/mol. The smallest absolute Gasteiger partial charge is 0.339 e. The highest BCUT2D eigenvalue weighted by Gasteiger charge is 2.26. The van der Waals surface area contributed by atoms with Gasteiger partial charge in [0.05, 0.1) is 28.2 Å². The van der Waals surface area contributed by atoms with E-state index in [0.29, 0.717) is 0 Å². The van der Waals surface area contributed by atoms with Crippen LogP contribution >= 0.6 is 11.6 Å². The van der Waals surface area contributed by atoms with E-state index < -0.39 is 15.8 Å². The predicted octanol–water partition coefficient (Wildman–Crippen LogP) is 1.89. The summed E-state index contributed by atoms with van der Waals surface area (Å²) in [6.07, 6.45) is 1.02. The van der Waals surface area contributed by atoms with Crippen LogP contribution in [-0.2, 0) is 14.6 Å². The van der Waals surface area contributed by atoms with Crippen LogP contribution in [0.1, 0.15) is 16.2 Å². The second-order valence-corrected chi connectivity index (χ2v) is 6.55. The van der Waals surface area contributed by atoms with Crippen LogP contribution in [0.4, 0.5) is 0 Å². The molecule has 1 aromatic carbocycles. The van der Waals surface area contributed by atoms with Crippen molar-refractivity contribution in [1.82, 2.24) is 10.2 Å². The maximum atomic E-state index is 11.9. The van der Waals surface area contributed by atoms with Crippen molar-refractivity contribution >= 4 is 27.4 Å². The van der Waals surface area contributed by atoms with Gasteiger partial charge in [-0.05, 0) is 12.1 Å². The average molecular weight is 331 g/mol. The Morgan fingerprint density at radius 1 is 1.33 bits per heavy atom. The molecule has 0 N–H and O–H groups in total. The topological polar surface area (TPSA) is 99.4 Å². The number of aryl methyl sites for hydroxylation is 1. The summed E-state index contributed by atoms with van der Waals surface area (Å²) in [5, 5.41) is 7.28. The largest absolute Gasteiger partial charge is 0.465 e. The van der Waals surface area contributed by atoms with Crippen LogP contribution in [0.15, 0.2) is 21.4 Å². The minimum Gasteiger partial charge on any atom is -0.465 e. The summed E-state index contributed by atoms with van der Waals surface area (Å²) in [5.41, 5.74) is 0.0000800. The first-order valence-electron chi connectivity index (χ1n) is 5.67. The highest BCUT2D eigenvalue weighted by molar-refractivity contribution is 7.90. The van der Waals surface area contributed by atoms with E-state index >= 15 is 0 Å². The summed E-state index contributed by atoms with van der Waals surface area (Å²) in [5.74, 6) is -0.537. The molecule has 0 aliphatic rings. The number of nitrogens with zero attached hydrogens (tertiary/aromatic N) is 2. The Morgan fingerprint density at radius 2 is 2.00 bits per heavy atom. The summed E-state index contributed by atoms with van der Waals surface area (Å²) in [6.45, 7) is 1.55. The molecule has 21 heavy (non-hydrogen) atoms. The first kappa shape index (κ1) is 15.5. The first-order valence-corrected chi connectivity index (χ1v) is 7.94. The van der Waals surface area contributed by atoms with Gasteiger partial charge < -0.3 is 9.15 Å². The molecular weight excluding hydrogens is 320 g/mol. The molecule has 0 spiro atoms. The molecule has 0 aliphatic heterocycles. The van der Waals surface area contributed by atoms with E-state index in [1.807, 2.05) is 0 Å². The standard InChI is InChI=1S/C12H11ClN2O5S/c1-6-14-15-11(20-6)9-8(21(3,17)18)5-4-7(10(9)13)12(16)19-2/h4-5H,1-3H3. The maximum absolute atomic E-state index is 11.9. The Kier molecular flexibility index (Phi) is 4.02. The normalized spacial score (nSPS) is 11.4. The number of benzene rings is 1. The number of ether oxygens (including phenoxy) is 1. The van der Waals surface area contributed by atoms with Gasteiger partial charge in [-0.15, -0.1) is 10.2 Å². The molecule has 9 heteroatoms. The van der Waals surface area contributed by atoms with Gasteiger partial charge in [-0.2, -0.15) is 0 Å². The average Bonchev–Trinajstić information content (AvgIpc) is 2.82. The van der Waals surface area contributed by atoms with Crippen molar-refractivity contribution in [2.75, 3.05) is 13.4 Å². The lowest BCUT2D eigenvalue weighted by atomic mass is 10.1. The third-order valence-electron chi connectivity index (χ3n) is 2.65. The van der Waals surface area contributed by atoms with Gasteiger partial charge in [0.1, 0.15) is 0 Å². The number of halogens is 1. The number of hydrogen-bond acceptors (Lipinski definition) is 7. The van der Waals surface area contributed by atoms with Crippen molar-refractivity contribution < 1.29 is 22.4 Å². The fourth-order valence-electron chi connectivity index (χ4n) is 1.73. The Bertz CT molecular complexity index is 813. The number of methoxy groups -OCH3 is 1. The molecule has 1 heterocycles. The quantitative estimate of drug-likeness (QED) is 0.792. The Morgan fingerprint density at radius 3 is 2.48 bits per heavy atom. The molecule has 2 rings (SSSR count). The third-order valence-corrected chi connectivity index (χ3v) is 4.18. The lowest BCUT2D eigenvalue weighted by molar-refractivity contribution is 0.0601. The molecular formula is C12H11ClN2O5S. The van der Waals surface area contributed by atoms with Crippen LogP contribution < -0.4 is 0 Å². The monoisotopic (exact) mass is 330 g/mol. The van der Waals surface area contributed by atoms with E-state index in [-0.39, 0.29) is 32.8 Å². The zero-order valence-electron chi connectivity index (χ0n) is 11.4. The highest BCUT2D eigenvalue weighted by Crippen LogP contribution is 2.36. The number of carbonyl (C=O) groups excluding carboxylic acids is 1. The third kappa shape index (κ3) is 2.91. The number of carbonyl (C=O) groups is 1. The van der Waals surface area contributed by atoms with Gasteiger partial charge in [0.15, 0.2) is 9.84 Å². The SMILES string of the molecule is COC(=O)c1ccc(S(C)(=O)=O)c(-c2nnc(C)o2)c1Cl. The van der Waals surface area contributed by atoms with Crippen molar-refractivity contribution in [3.05, 3.63) is 28.6 Å². The minimum absolute atomic E-state index is 0.0114. The lowest BCUT2D eigenvalue weighted by Crippen LogP contribution is -2.07. The maximum Gasteiger partial charge on any atom is 0.339 e. The van der Waals surface area contributed by atoms with Gasteiger partial charge in [0.2, 0.25) is 5.89 Å². The summed E-state index contributed by atoms with van der Waals surface area (Å²) >= 11 is 6.14. The van der Waals surface area contributed by atoms with Crippen LogP contribution in [0.3, 0.4) is 0 Å². The number of rotatable bonds is 3. The molecule has 0 aliphatic carbocycles. The van der Waals surface area contributed by atoms with Gasteiger partial charge in [0, 0.05) is 13.2 Å². The van der Waals surface area contributed by atoms with E-state index in [0.717, 1.165) is 6.26 Å². The molecule has 0 fully saturated rings. The van der Waals surface area contributed by atoms with E-state index in [1.165, 1.54) is 19.2 Å². The van der Waals surface area contributed by atoms with Gasteiger partial charge in [0.25, 0.3) is 5.89 Å². The molecule has 2 aromatic rings. The summed E-state index contributed by atoms with van der Waals surface area (Å²) in [4.78, 5) is 11.6. The Hall–Kier alpha value is -1.93. The number of sulfone groups is 1. The van der Waals surface area contributed by atoms with Gasteiger partial charge in [-0.3, -0.25) is 0 Å². The van der Waals surface area contributed by atoms with Crippen molar-refractivity contribution in [2.45, 2.75) is 11.8 Å². The van der Waals surface area contributed by atoms with E-state index in [2.05, 4.69) is 14.9 Å². The molecule has 1 aromatic heterocycles. The molecule has 0 bridgehead atoms. The summed E-state index contributed by atoms with van der Waals surface area (Å²) in [7, 11) is -2.41. The molecule has 0 saturated heterocycles. The van der Waals surface area contributed by atoms with Crippen LogP contribution in [0.2, 0.25) is 5.02 Å². The van der Waals surface area contributed by atoms with Crippen LogP contribution in [-0.4, -0.2) is 38.0 Å². The second kappa shape index (κ2) is 5.45. The molecule has 112 valence electrons. The first-order chi connectivity index (χ1) is 9.75. The lowest BCUT2D eigenvalue weighted by Gasteiger charge is -2.10. The fraction of sp³-hybridized carbons (Fsp3) is 0.250. The molecule has 0 radical (unpaired) electrons. The van der Waals surface area contributed by atoms with Crippen LogP contribution in [0.25, 0.3) is 11.5 Å². The summed E-state index contributed by atoms with van der Waals surface area (Å²) in [6, 6.07) is 2.53. The van der Waals surface area contributed by atoms with Crippen molar-refractivity contribution in [2.24, 2.45) is 0 Å². The Labute approximate surface area is 125 Å². The van der Waals surface area contributed by atoms with E-state index in [9.17, 15) is 13.2 Å². The number of aromatic nitrogens is 2. The zero-order chi connectivity index (χ0) is 15.8. The van der Waals surface area contributed by atoms with Crippen LogP contribution in [0, 0.1) is 6.92 Å². The minimum atomic E-state index is -3.61. The van der Waals surface area contributed by atoms with E-state index in [4.69, 9.17) is 16.0 Å². The molecule has 0 atom stereocenters. The fourth-order valence-corrected chi connectivity index (χ4v) is 2.99. The summed E-state index contributed by atoms with van der Waals surface area (Å²) < 4.78 is 33.6. The molecule has 0 unspecified atom stereocenters. The second-order valence-electron chi connectivity index (χ2n) is 4.19. The van der Waals surface area contributed by atoms with E-state index in [1.54, 1.807) is 6.92 Å². The molecule has 0 amide bonds. The van der Waals surface area contributed by atoms with Crippen LogP contribution in [0.5, 0.6) is 0 Å². The number of esters is 1. The van der Waals surface area contributed by atoms with Gasteiger partial charge in [-0.25, -0.2) is 13.2 Å². The van der Waals surface area contributed by atoms with Crippen molar-refractivity contribution in [3.63, 3.8) is 0 Å². The Balaban J connectivity index is 2.82. The van der Waals surface area contributed by atoms with Crippen molar-refractivity contribution in [1.29, 1.82) is 0 Å². The van der Waals surface area contributed by atoms with Gasteiger partial charge >= 0.3 is 5.97 Å².